The molecule has 4 aromatic rings. The van der Waals surface area contributed by atoms with Crippen LogP contribution in [0.3, 0.4) is 0 Å². The van der Waals surface area contributed by atoms with E-state index in [-0.39, 0.29) is 5.56 Å². The van der Waals surface area contributed by atoms with Gasteiger partial charge in [0.15, 0.2) is 0 Å². The second kappa shape index (κ2) is 5.54. The number of benzene rings is 3. The molecule has 1 N–H and O–H groups in total. The van der Waals surface area contributed by atoms with Gasteiger partial charge in [-0.15, -0.1) is 0 Å². The van der Waals surface area contributed by atoms with Gasteiger partial charge in [0.05, 0.1) is 11.1 Å². The van der Waals surface area contributed by atoms with Gasteiger partial charge in [-0.1, -0.05) is 66.7 Å². The minimum atomic E-state index is -0.167. The molecular formula is C20H14N2O. The first-order valence-electron chi connectivity index (χ1n) is 7.46. The van der Waals surface area contributed by atoms with Crippen LogP contribution in [0.4, 0.5) is 0 Å². The highest BCUT2D eigenvalue weighted by atomic mass is 16.1. The molecule has 110 valence electrons. The number of aromatic nitrogens is 2. The average Bonchev–Trinajstić information content (AvgIpc) is 2.63. The maximum Gasteiger partial charge on any atom is 0.272 e. The van der Waals surface area contributed by atoms with E-state index in [1.807, 2.05) is 66.7 Å². The molecule has 0 aliphatic rings. The van der Waals surface area contributed by atoms with Crippen LogP contribution in [-0.4, -0.2) is 10.2 Å². The summed E-state index contributed by atoms with van der Waals surface area (Å²) in [5.74, 6) is 0. The molecule has 0 radical (unpaired) electrons. The summed E-state index contributed by atoms with van der Waals surface area (Å²) < 4.78 is 0. The summed E-state index contributed by atoms with van der Waals surface area (Å²) in [6.07, 6.45) is 0. The Hall–Kier alpha value is -3.20. The number of H-pyrrole nitrogens is 1. The minimum absolute atomic E-state index is 0.167. The zero-order chi connectivity index (χ0) is 15.6. The highest BCUT2D eigenvalue weighted by Gasteiger charge is 2.10. The quantitative estimate of drug-likeness (QED) is 0.601. The molecular weight excluding hydrogens is 284 g/mol. The number of aromatic amines is 1. The smallest absolute Gasteiger partial charge is 0.267 e. The summed E-state index contributed by atoms with van der Waals surface area (Å²) in [5, 5.41) is 8.38. The Balaban J connectivity index is 2.01. The lowest BCUT2D eigenvalue weighted by Gasteiger charge is -2.08. The highest BCUT2D eigenvalue weighted by Crippen LogP contribution is 2.28. The fourth-order valence-electron chi connectivity index (χ4n) is 2.79. The molecule has 4 rings (SSSR count). The lowest BCUT2D eigenvalue weighted by atomic mass is 9.99. The molecule has 0 unspecified atom stereocenters. The summed E-state index contributed by atoms with van der Waals surface area (Å²) in [4.78, 5) is 12.1. The summed E-state index contributed by atoms with van der Waals surface area (Å²) >= 11 is 0. The van der Waals surface area contributed by atoms with Crippen molar-refractivity contribution in [2.24, 2.45) is 0 Å². The molecule has 3 aromatic carbocycles. The average molecular weight is 298 g/mol. The predicted molar refractivity (Wildman–Crippen MR) is 93.2 cm³/mol. The van der Waals surface area contributed by atoms with Gasteiger partial charge < -0.3 is 0 Å². The maximum atomic E-state index is 12.1. The number of hydrogen-bond acceptors (Lipinski definition) is 2. The molecule has 0 spiro atoms. The standard InChI is InChI=1S/C20H14N2O/c23-20-17-12-11-16(14-7-3-1-4-8-14)13-18(17)19(21-22-20)15-9-5-2-6-10-15/h1-13H,(H,22,23). The van der Waals surface area contributed by atoms with E-state index in [2.05, 4.69) is 22.3 Å². The Labute approximate surface area is 133 Å². The Morgan fingerprint density at radius 2 is 1.30 bits per heavy atom. The molecule has 0 amide bonds. The van der Waals surface area contributed by atoms with Crippen LogP contribution in [0.25, 0.3) is 33.2 Å². The second-order valence-corrected chi connectivity index (χ2v) is 5.39. The van der Waals surface area contributed by atoms with Crippen molar-refractivity contribution in [2.45, 2.75) is 0 Å². The van der Waals surface area contributed by atoms with E-state index < -0.39 is 0 Å². The molecule has 1 heterocycles. The van der Waals surface area contributed by atoms with Gasteiger partial charge in [-0.05, 0) is 23.3 Å². The van der Waals surface area contributed by atoms with E-state index in [1.54, 1.807) is 0 Å². The van der Waals surface area contributed by atoms with Crippen molar-refractivity contribution in [1.82, 2.24) is 10.2 Å². The Bertz CT molecular complexity index is 1020. The van der Waals surface area contributed by atoms with Gasteiger partial charge in [-0.25, -0.2) is 5.10 Å². The van der Waals surface area contributed by atoms with Crippen molar-refractivity contribution in [3.8, 4) is 22.4 Å². The van der Waals surface area contributed by atoms with Crippen LogP contribution in [0.5, 0.6) is 0 Å². The molecule has 3 heteroatoms. The Kier molecular flexibility index (Phi) is 3.24. The molecule has 23 heavy (non-hydrogen) atoms. The lowest BCUT2D eigenvalue weighted by Crippen LogP contribution is -2.09. The van der Waals surface area contributed by atoms with Gasteiger partial charge in [0.1, 0.15) is 0 Å². The fourth-order valence-corrected chi connectivity index (χ4v) is 2.79. The summed E-state index contributed by atoms with van der Waals surface area (Å²) in [6, 6.07) is 25.9. The fraction of sp³-hybridized carbons (Fsp3) is 0. The molecule has 0 fully saturated rings. The third kappa shape index (κ3) is 2.42. The van der Waals surface area contributed by atoms with Crippen molar-refractivity contribution in [3.05, 3.63) is 89.2 Å². The molecule has 3 nitrogen and oxygen atoms in total. The first-order valence-corrected chi connectivity index (χ1v) is 7.46. The molecule has 0 saturated heterocycles. The molecule has 0 aliphatic carbocycles. The van der Waals surface area contributed by atoms with E-state index in [9.17, 15) is 4.79 Å². The first-order chi connectivity index (χ1) is 11.3. The number of nitrogens with one attached hydrogen (secondary N) is 1. The minimum Gasteiger partial charge on any atom is -0.267 e. The molecule has 0 atom stereocenters. The van der Waals surface area contributed by atoms with Crippen molar-refractivity contribution in [3.63, 3.8) is 0 Å². The van der Waals surface area contributed by atoms with Crippen molar-refractivity contribution in [2.75, 3.05) is 0 Å². The SMILES string of the molecule is O=c1[nH]nc(-c2ccccc2)c2cc(-c3ccccc3)ccc12. The third-order valence-corrected chi connectivity index (χ3v) is 3.94. The van der Waals surface area contributed by atoms with E-state index in [0.717, 1.165) is 27.8 Å². The first kappa shape index (κ1) is 13.5. The van der Waals surface area contributed by atoms with Gasteiger partial charge in [-0.2, -0.15) is 5.10 Å². The molecule has 0 aliphatic heterocycles. The van der Waals surface area contributed by atoms with Gasteiger partial charge in [0.25, 0.3) is 5.56 Å². The lowest BCUT2D eigenvalue weighted by molar-refractivity contribution is 1.02. The number of fused-ring (bicyclic) bond motifs is 1. The van der Waals surface area contributed by atoms with Gasteiger partial charge in [0.2, 0.25) is 0 Å². The summed E-state index contributed by atoms with van der Waals surface area (Å²) in [7, 11) is 0. The largest absolute Gasteiger partial charge is 0.272 e. The highest BCUT2D eigenvalue weighted by molar-refractivity contribution is 5.96. The topological polar surface area (TPSA) is 45.8 Å². The zero-order valence-electron chi connectivity index (χ0n) is 12.4. The Morgan fingerprint density at radius 1 is 0.652 bits per heavy atom. The van der Waals surface area contributed by atoms with E-state index in [1.165, 1.54) is 0 Å². The van der Waals surface area contributed by atoms with Crippen LogP contribution >= 0.6 is 0 Å². The summed E-state index contributed by atoms with van der Waals surface area (Å²) in [6.45, 7) is 0. The van der Waals surface area contributed by atoms with Gasteiger partial charge >= 0.3 is 0 Å². The van der Waals surface area contributed by atoms with E-state index in [0.29, 0.717) is 5.39 Å². The number of rotatable bonds is 2. The van der Waals surface area contributed by atoms with Gasteiger partial charge in [0, 0.05) is 10.9 Å². The van der Waals surface area contributed by atoms with Crippen molar-refractivity contribution in [1.29, 1.82) is 0 Å². The van der Waals surface area contributed by atoms with Crippen LogP contribution in [0.1, 0.15) is 0 Å². The van der Waals surface area contributed by atoms with Crippen molar-refractivity contribution >= 4 is 10.8 Å². The third-order valence-electron chi connectivity index (χ3n) is 3.94. The van der Waals surface area contributed by atoms with E-state index in [4.69, 9.17) is 0 Å². The molecule has 1 aromatic heterocycles. The van der Waals surface area contributed by atoms with Crippen LogP contribution in [0.2, 0.25) is 0 Å². The summed E-state index contributed by atoms with van der Waals surface area (Å²) in [5.41, 5.74) is 3.80. The monoisotopic (exact) mass is 298 g/mol. The second-order valence-electron chi connectivity index (χ2n) is 5.39. The maximum absolute atomic E-state index is 12.1. The van der Waals surface area contributed by atoms with E-state index >= 15 is 0 Å². The van der Waals surface area contributed by atoms with Crippen LogP contribution in [0, 0.1) is 0 Å². The van der Waals surface area contributed by atoms with Crippen molar-refractivity contribution < 1.29 is 0 Å². The number of hydrogen-bond donors (Lipinski definition) is 1. The van der Waals surface area contributed by atoms with Gasteiger partial charge in [-0.3, -0.25) is 4.79 Å². The Morgan fingerprint density at radius 3 is 2.00 bits per heavy atom. The predicted octanol–water partition coefficient (Wildman–Crippen LogP) is 4.26. The normalized spacial score (nSPS) is 10.8. The van der Waals surface area contributed by atoms with Crippen LogP contribution in [0.15, 0.2) is 83.7 Å². The molecule has 0 bridgehead atoms. The van der Waals surface area contributed by atoms with Crippen LogP contribution in [-0.2, 0) is 0 Å². The molecule has 0 saturated carbocycles. The van der Waals surface area contributed by atoms with Crippen LogP contribution < -0.4 is 5.56 Å². The number of nitrogens with zero attached hydrogens (tertiary/aromatic N) is 1. The zero-order valence-corrected chi connectivity index (χ0v) is 12.4.